The number of hydrogen-bond acceptors (Lipinski definition) is 7. The summed E-state index contributed by atoms with van der Waals surface area (Å²) >= 11 is 2.47. The minimum Gasteiger partial charge on any atom is -0.453 e. The summed E-state index contributed by atoms with van der Waals surface area (Å²) in [4.78, 5) is 22.6. The van der Waals surface area contributed by atoms with Crippen LogP contribution >= 0.6 is 22.7 Å². The number of esters is 1. The monoisotopic (exact) mass is 435 g/mol. The van der Waals surface area contributed by atoms with Crippen LogP contribution in [-0.4, -0.2) is 35.1 Å². The second-order valence-corrected chi connectivity index (χ2v) is 8.61. The Morgan fingerprint density at radius 3 is 2.55 bits per heavy atom. The highest BCUT2D eigenvalue weighted by atomic mass is 32.1. The normalized spacial score (nSPS) is 15.1. The molecule has 2 aromatic heterocycles. The van der Waals surface area contributed by atoms with Gasteiger partial charge in [-0.2, -0.15) is 13.2 Å². The second-order valence-electron chi connectivity index (χ2n) is 6.57. The smallest absolute Gasteiger partial charge is 0.418 e. The molecular formula is C19H12F3N3O2S2. The summed E-state index contributed by atoms with van der Waals surface area (Å²) in [5, 5.41) is 0.781. The van der Waals surface area contributed by atoms with Gasteiger partial charge in [-0.15, -0.1) is 11.3 Å². The molecule has 148 valence electrons. The lowest BCUT2D eigenvalue weighted by Crippen LogP contribution is -2.53. The summed E-state index contributed by atoms with van der Waals surface area (Å²) < 4.78 is 46.3. The van der Waals surface area contributed by atoms with Gasteiger partial charge in [0.2, 0.25) is 5.01 Å². The van der Waals surface area contributed by atoms with E-state index < -0.39 is 17.7 Å². The van der Waals surface area contributed by atoms with Gasteiger partial charge in [-0.3, -0.25) is 0 Å². The molecule has 0 unspecified atom stereocenters. The number of nitrogens with zero attached hydrogens (tertiary/aromatic N) is 3. The van der Waals surface area contributed by atoms with E-state index in [4.69, 9.17) is 4.74 Å². The number of para-hydroxylation sites is 2. The SMILES string of the molecule is O=C(OC1CN(c2nc3c(C(F)(F)F)cccc3s2)C1)c1nc2ccccc2s1. The fourth-order valence-electron chi connectivity index (χ4n) is 3.13. The van der Waals surface area contributed by atoms with Crippen molar-refractivity contribution in [2.45, 2.75) is 12.3 Å². The van der Waals surface area contributed by atoms with Gasteiger partial charge in [-0.25, -0.2) is 14.8 Å². The molecule has 0 saturated carbocycles. The Labute approximate surface area is 170 Å². The maximum absolute atomic E-state index is 13.2. The van der Waals surface area contributed by atoms with E-state index >= 15 is 0 Å². The molecule has 0 atom stereocenters. The van der Waals surface area contributed by atoms with E-state index in [2.05, 4.69) is 9.97 Å². The summed E-state index contributed by atoms with van der Waals surface area (Å²) in [6.45, 7) is 0.773. The average Bonchev–Trinajstić information content (AvgIpc) is 3.26. The van der Waals surface area contributed by atoms with Crippen molar-refractivity contribution in [2.75, 3.05) is 18.0 Å². The van der Waals surface area contributed by atoms with Gasteiger partial charge >= 0.3 is 12.1 Å². The number of aromatic nitrogens is 2. The number of carbonyl (C=O) groups is 1. The summed E-state index contributed by atoms with van der Waals surface area (Å²) in [5.74, 6) is -0.487. The molecule has 0 radical (unpaired) electrons. The first-order valence-electron chi connectivity index (χ1n) is 8.67. The van der Waals surface area contributed by atoms with Crippen LogP contribution in [0.2, 0.25) is 0 Å². The molecular weight excluding hydrogens is 423 g/mol. The van der Waals surface area contributed by atoms with Crippen LogP contribution in [0.15, 0.2) is 42.5 Å². The highest BCUT2D eigenvalue weighted by Crippen LogP contribution is 2.39. The molecule has 0 amide bonds. The second kappa shape index (κ2) is 6.67. The number of hydrogen-bond donors (Lipinski definition) is 0. The number of rotatable bonds is 3. The Morgan fingerprint density at radius 1 is 1.03 bits per heavy atom. The zero-order valence-corrected chi connectivity index (χ0v) is 16.3. The molecule has 1 aliphatic rings. The van der Waals surface area contributed by atoms with Gasteiger partial charge in [-0.1, -0.05) is 29.5 Å². The van der Waals surface area contributed by atoms with E-state index in [0.717, 1.165) is 16.3 Å². The number of halogens is 3. The molecule has 29 heavy (non-hydrogen) atoms. The molecule has 10 heteroatoms. The third kappa shape index (κ3) is 3.32. The van der Waals surface area contributed by atoms with Crippen LogP contribution in [0.25, 0.3) is 20.4 Å². The number of anilines is 1. The fraction of sp³-hybridized carbons (Fsp3) is 0.211. The molecule has 4 aromatic rings. The number of carbonyl (C=O) groups excluding carboxylic acids is 1. The summed E-state index contributed by atoms with van der Waals surface area (Å²) in [6.07, 6.45) is -4.79. The number of thiazole rings is 2. The van der Waals surface area contributed by atoms with Gasteiger partial charge in [0.25, 0.3) is 0 Å². The predicted molar refractivity (Wildman–Crippen MR) is 106 cm³/mol. The van der Waals surface area contributed by atoms with Crippen LogP contribution in [0.4, 0.5) is 18.3 Å². The molecule has 5 rings (SSSR count). The van der Waals surface area contributed by atoms with Gasteiger partial charge in [0.05, 0.1) is 39.1 Å². The van der Waals surface area contributed by atoms with Crippen LogP contribution in [0, 0.1) is 0 Å². The molecule has 0 spiro atoms. The van der Waals surface area contributed by atoms with E-state index in [-0.39, 0.29) is 11.6 Å². The Kier molecular flexibility index (Phi) is 4.21. The van der Waals surface area contributed by atoms with Crippen molar-refractivity contribution in [3.8, 4) is 0 Å². The Hall–Kier alpha value is -2.72. The minimum atomic E-state index is -4.45. The van der Waals surface area contributed by atoms with Gasteiger partial charge in [0, 0.05) is 0 Å². The molecule has 0 aliphatic carbocycles. The van der Waals surface area contributed by atoms with Crippen molar-refractivity contribution in [2.24, 2.45) is 0 Å². The quantitative estimate of drug-likeness (QED) is 0.425. The lowest BCUT2D eigenvalue weighted by molar-refractivity contribution is -0.136. The average molecular weight is 435 g/mol. The topological polar surface area (TPSA) is 55.3 Å². The highest BCUT2D eigenvalue weighted by molar-refractivity contribution is 7.22. The first-order chi connectivity index (χ1) is 13.9. The lowest BCUT2D eigenvalue weighted by Gasteiger charge is -2.37. The molecule has 0 N–H and O–H groups in total. The zero-order chi connectivity index (χ0) is 20.2. The molecule has 1 fully saturated rings. The largest absolute Gasteiger partial charge is 0.453 e. The standard InChI is InChI=1S/C19H12F3N3O2S2/c20-19(21,22)11-4-3-7-14-15(11)24-18(29-14)25-8-10(9-25)27-17(26)16-23-12-5-1-2-6-13(12)28-16/h1-7,10H,8-9H2. The first-order valence-corrected chi connectivity index (χ1v) is 10.3. The molecule has 1 aliphatic heterocycles. The van der Waals surface area contributed by atoms with Gasteiger partial charge in [0.15, 0.2) is 5.13 Å². The van der Waals surface area contributed by atoms with Gasteiger partial charge < -0.3 is 9.64 Å². The van der Waals surface area contributed by atoms with Crippen LogP contribution in [0.1, 0.15) is 15.4 Å². The summed E-state index contributed by atoms with van der Waals surface area (Å²) in [6, 6.07) is 11.5. The molecule has 3 heterocycles. The van der Waals surface area contributed by atoms with Gasteiger partial charge in [0.1, 0.15) is 6.10 Å². The van der Waals surface area contributed by atoms with E-state index in [1.54, 1.807) is 11.0 Å². The minimum absolute atomic E-state index is 0.0464. The fourth-order valence-corrected chi connectivity index (χ4v) is 4.99. The summed E-state index contributed by atoms with van der Waals surface area (Å²) in [5.41, 5.74) is -0.0404. The van der Waals surface area contributed by atoms with Crippen molar-refractivity contribution in [3.05, 3.63) is 53.0 Å². The maximum Gasteiger partial charge on any atom is 0.418 e. The molecule has 1 saturated heterocycles. The van der Waals surface area contributed by atoms with E-state index in [9.17, 15) is 18.0 Å². The summed E-state index contributed by atoms with van der Waals surface area (Å²) in [7, 11) is 0. The van der Waals surface area contributed by atoms with Crippen LogP contribution in [0.5, 0.6) is 0 Å². The zero-order valence-electron chi connectivity index (χ0n) is 14.6. The predicted octanol–water partition coefficient (Wildman–Crippen LogP) is 4.97. The number of ether oxygens (including phenoxy) is 1. The molecule has 2 aromatic carbocycles. The Morgan fingerprint density at radius 2 is 1.79 bits per heavy atom. The number of fused-ring (bicyclic) bond motifs is 2. The van der Waals surface area contributed by atoms with Crippen LogP contribution in [0.3, 0.4) is 0 Å². The molecule has 5 nitrogen and oxygen atoms in total. The third-order valence-electron chi connectivity index (χ3n) is 4.57. The van der Waals surface area contributed by atoms with Crippen LogP contribution in [-0.2, 0) is 10.9 Å². The Bertz CT molecular complexity index is 1200. The molecule has 0 bridgehead atoms. The van der Waals surface area contributed by atoms with Gasteiger partial charge in [-0.05, 0) is 24.3 Å². The van der Waals surface area contributed by atoms with Crippen molar-refractivity contribution >= 4 is 54.2 Å². The maximum atomic E-state index is 13.2. The van der Waals surface area contributed by atoms with Crippen molar-refractivity contribution in [1.29, 1.82) is 0 Å². The van der Waals surface area contributed by atoms with Crippen molar-refractivity contribution < 1.29 is 22.7 Å². The number of alkyl halides is 3. The van der Waals surface area contributed by atoms with Crippen molar-refractivity contribution in [1.82, 2.24) is 9.97 Å². The van der Waals surface area contributed by atoms with E-state index in [1.807, 2.05) is 24.3 Å². The Balaban J connectivity index is 1.28. The first kappa shape index (κ1) is 18.3. The lowest BCUT2D eigenvalue weighted by atomic mass is 10.2. The van der Waals surface area contributed by atoms with E-state index in [1.165, 1.54) is 28.7 Å². The third-order valence-corrected chi connectivity index (χ3v) is 6.67. The van der Waals surface area contributed by atoms with Crippen molar-refractivity contribution in [3.63, 3.8) is 0 Å². The number of benzene rings is 2. The van der Waals surface area contributed by atoms with E-state index in [0.29, 0.717) is 27.9 Å². The highest BCUT2D eigenvalue weighted by Gasteiger charge is 2.36. The van der Waals surface area contributed by atoms with Crippen LogP contribution < -0.4 is 4.90 Å².